The second-order valence-corrected chi connectivity index (χ2v) is 11.8. The van der Waals surface area contributed by atoms with Gasteiger partial charge in [0.2, 0.25) is 11.8 Å². The molecule has 0 radical (unpaired) electrons. The molecule has 13 heteroatoms. The molecule has 0 rings (SSSR count). The lowest BCUT2D eigenvalue weighted by atomic mass is 9.94. The summed E-state index contributed by atoms with van der Waals surface area (Å²) in [4.78, 5) is 80.9. The molecule has 0 aliphatic carbocycles. The minimum atomic E-state index is -1.29. The predicted octanol–water partition coefficient (Wildman–Crippen LogP) is 4.69. The molecular weight excluding hydrogens is 588 g/mol. The maximum Gasteiger partial charge on any atom is 0.326 e. The number of carboxylic acids is 4. The number of rotatable bonds is 30. The fraction of sp³-hybridized carbons (Fsp3) is 0.781. The van der Waals surface area contributed by atoms with Crippen molar-refractivity contribution in [2.24, 2.45) is 5.92 Å². The van der Waals surface area contributed by atoms with E-state index in [0.717, 1.165) is 51.4 Å². The third-order valence-electron chi connectivity index (χ3n) is 7.68. The summed E-state index contributed by atoms with van der Waals surface area (Å²) in [6.07, 6.45) is 13.8. The molecule has 258 valence electrons. The number of aliphatic carboxylic acids is 4. The topological polar surface area (TPSA) is 224 Å². The highest BCUT2D eigenvalue weighted by atomic mass is 16.4. The molecule has 6 N–H and O–H groups in total. The third kappa shape index (κ3) is 24.5. The molecule has 13 nitrogen and oxygen atoms in total. The largest absolute Gasteiger partial charge is 0.481 e. The van der Waals surface area contributed by atoms with Gasteiger partial charge in [-0.05, 0) is 32.6 Å². The maximum absolute atomic E-state index is 12.4. The van der Waals surface area contributed by atoms with Crippen LogP contribution in [0.25, 0.3) is 0 Å². The third-order valence-corrected chi connectivity index (χ3v) is 7.68. The molecule has 45 heavy (non-hydrogen) atoms. The van der Waals surface area contributed by atoms with Gasteiger partial charge in [0, 0.05) is 32.1 Å². The monoisotopic (exact) mass is 642 g/mol. The van der Waals surface area contributed by atoms with Crippen molar-refractivity contribution in [3.63, 3.8) is 0 Å². The van der Waals surface area contributed by atoms with Gasteiger partial charge < -0.3 is 31.1 Å². The molecule has 0 heterocycles. The molecule has 0 aromatic rings. The summed E-state index contributed by atoms with van der Waals surface area (Å²) in [5.41, 5.74) is 0. The summed E-state index contributed by atoms with van der Waals surface area (Å²) >= 11 is 0. The zero-order valence-corrected chi connectivity index (χ0v) is 26.7. The lowest BCUT2D eigenvalue weighted by Crippen LogP contribution is -2.41. The van der Waals surface area contributed by atoms with Crippen molar-refractivity contribution in [3.8, 4) is 0 Å². The number of unbranched alkanes of at least 4 members (excludes halogenated alkanes) is 13. The Morgan fingerprint density at radius 1 is 0.489 bits per heavy atom. The van der Waals surface area contributed by atoms with Crippen LogP contribution in [0.1, 0.15) is 142 Å². The summed E-state index contributed by atoms with van der Waals surface area (Å²) < 4.78 is 0. The Morgan fingerprint density at radius 3 is 1.36 bits per heavy atom. The van der Waals surface area contributed by atoms with Crippen LogP contribution in [-0.4, -0.2) is 74.0 Å². The Bertz CT molecular complexity index is 938. The normalized spacial score (nSPS) is 12.9. The fourth-order valence-electron chi connectivity index (χ4n) is 4.88. The number of nitrogens with one attached hydrogen (secondary N) is 2. The highest BCUT2D eigenvalue weighted by Gasteiger charge is 2.25. The van der Waals surface area contributed by atoms with Crippen LogP contribution in [-0.2, 0) is 33.6 Å². The van der Waals surface area contributed by atoms with Gasteiger partial charge in [-0.15, -0.1) is 0 Å². The van der Waals surface area contributed by atoms with Gasteiger partial charge in [0.15, 0.2) is 0 Å². The first-order valence-electron chi connectivity index (χ1n) is 16.3. The van der Waals surface area contributed by atoms with Crippen molar-refractivity contribution < 1.29 is 54.0 Å². The number of carbonyl (C=O) groups is 7. The van der Waals surface area contributed by atoms with Crippen LogP contribution in [0, 0.1) is 5.92 Å². The Balaban J connectivity index is 4.06. The van der Waals surface area contributed by atoms with E-state index in [2.05, 4.69) is 10.6 Å². The number of carbonyl (C=O) groups excluding carboxylic acids is 3. The number of ketones is 1. The van der Waals surface area contributed by atoms with Crippen molar-refractivity contribution in [3.05, 3.63) is 0 Å². The number of amides is 2. The van der Waals surface area contributed by atoms with Crippen molar-refractivity contribution in [1.29, 1.82) is 0 Å². The van der Waals surface area contributed by atoms with Crippen LogP contribution in [0.3, 0.4) is 0 Å². The summed E-state index contributed by atoms with van der Waals surface area (Å²) in [5.74, 6) is -7.30. The van der Waals surface area contributed by atoms with Crippen molar-refractivity contribution in [2.75, 3.05) is 0 Å². The highest BCUT2D eigenvalue weighted by molar-refractivity contribution is 5.87. The van der Waals surface area contributed by atoms with E-state index in [1.165, 1.54) is 39.0 Å². The number of carboxylic acid groups (broad SMARTS) is 4. The molecule has 0 saturated carbocycles. The molecule has 0 unspecified atom stereocenters. The van der Waals surface area contributed by atoms with E-state index >= 15 is 0 Å². The van der Waals surface area contributed by atoms with Crippen LogP contribution < -0.4 is 10.6 Å². The van der Waals surface area contributed by atoms with Gasteiger partial charge in [-0.2, -0.15) is 0 Å². The molecular formula is C32H54N2O11. The molecule has 0 aromatic carbocycles. The van der Waals surface area contributed by atoms with E-state index in [9.17, 15) is 43.8 Å². The molecule has 0 spiro atoms. The highest BCUT2D eigenvalue weighted by Crippen LogP contribution is 2.16. The van der Waals surface area contributed by atoms with Crippen LogP contribution in [0.5, 0.6) is 0 Å². The van der Waals surface area contributed by atoms with E-state index in [1.54, 1.807) is 0 Å². The second-order valence-electron chi connectivity index (χ2n) is 11.8. The quantitative estimate of drug-likeness (QED) is 0.0589. The van der Waals surface area contributed by atoms with E-state index in [1.807, 2.05) is 0 Å². The Labute approximate surface area is 265 Å². The van der Waals surface area contributed by atoms with Gasteiger partial charge in [-0.25, -0.2) is 4.79 Å². The number of hydrogen-bond acceptors (Lipinski definition) is 7. The fourth-order valence-corrected chi connectivity index (χ4v) is 4.88. The molecule has 0 saturated heterocycles. The average Bonchev–Trinajstić information content (AvgIpc) is 2.96. The van der Waals surface area contributed by atoms with E-state index in [-0.39, 0.29) is 38.5 Å². The van der Waals surface area contributed by atoms with Crippen molar-refractivity contribution >= 4 is 41.5 Å². The average molecular weight is 643 g/mol. The molecule has 0 aliphatic heterocycles. The molecule has 2 amide bonds. The van der Waals surface area contributed by atoms with E-state index < -0.39 is 65.9 Å². The summed E-state index contributed by atoms with van der Waals surface area (Å²) in [5, 5.41) is 40.9. The first-order chi connectivity index (χ1) is 21.3. The molecule has 0 aliphatic rings. The van der Waals surface area contributed by atoms with E-state index in [4.69, 9.17) is 10.2 Å². The first-order valence-corrected chi connectivity index (χ1v) is 16.3. The molecule has 0 aromatic heterocycles. The van der Waals surface area contributed by atoms with Gasteiger partial charge in [0.25, 0.3) is 0 Å². The predicted molar refractivity (Wildman–Crippen MR) is 166 cm³/mol. The van der Waals surface area contributed by atoms with Gasteiger partial charge >= 0.3 is 23.9 Å². The van der Waals surface area contributed by atoms with Crippen LogP contribution in [0.2, 0.25) is 0 Å². The Kier molecular flexibility index (Phi) is 23.8. The van der Waals surface area contributed by atoms with Gasteiger partial charge in [-0.3, -0.25) is 28.8 Å². The summed E-state index contributed by atoms with van der Waals surface area (Å²) in [7, 11) is 0. The van der Waals surface area contributed by atoms with Gasteiger partial charge in [0.1, 0.15) is 17.9 Å². The Morgan fingerprint density at radius 2 is 0.933 bits per heavy atom. The minimum absolute atomic E-state index is 0.178. The van der Waals surface area contributed by atoms with E-state index in [0.29, 0.717) is 6.42 Å². The zero-order valence-electron chi connectivity index (χ0n) is 26.7. The second kappa shape index (κ2) is 25.8. The van der Waals surface area contributed by atoms with Crippen LogP contribution in [0.15, 0.2) is 0 Å². The molecule has 0 fully saturated rings. The lowest BCUT2D eigenvalue weighted by Gasteiger charge is -2.16. The molecule has 3 atom stereocenters. The Hall–Kier alpha value is -3.51. The number of Topliss-reactive ketones (excluding diaryl/α,β-unsaturated/α-hetero) is 1. The van der Waals surface area contributed by atoms with Crippen LogP contribution >= 0.6 is 0 Å². The standard InChI is InChI=1S/C32H54N2O11/c1-23(30(40)41)33-28(37)21-18-24(31(42)43)22-25(35)19-20-26(32(44)45)34-27(36)16-14-12-10-8-6-4-2-3-5-7-9-11-13-15-17-29(38)39/h23-24,26H,2-22H2,1H3,(H,33,37)(H,34,36)(H,38,39)(H,40,41)(H,42,43)(H,44,45)/t23-,24+,26-/m0/s1. The van der Waals surface area contributed by atoms with Crippen LogP contribution in [0.4, 0.5) is 0 Å². The lowest BCUT2D eigenvalue weighted by molar-refractivity contribution is -0.145. The van der Waals surface area contributed by atoms with Crippen molar-refractivity contribution in [1.82, 2.24) is 10.6 Å². The van der Waals surface area contributed by atoms with Gasteiger partial charge in [-0.1, -0.05) is 77.0 Å². The SMILES string of the molecule is C[C@H](NC(=O)CC[C@H](CC(=O)CC[C@H](NC(=O)CCCCCCCCCCCCCCCCC(=O)O)C(=O)O)C(=O)O)C(=O)O. The van der Waals surface area contributed by atoms with Gasteiger partial charge in [0.05, 0.1) is 5.92 Å². The number of hydrogen-bond donors (Lipinski definition) is 6. The zero-order chi connectivity index (χ0) is 34.0. The smallest absolute Gasteiger partial charge is 0.326 e. The van der Waals surface area contributed by atoms with Crippen molar-refractivity contribution in [2.45, 2.75) is 154 Å². The maximum atomic E-state index is 12.4. The minimum Gasteiger partial charge on any atom is -0.481 e. The summed E-state index contributed by atoms with van der Waals surface area (Å²) in [6.45, 7) is 1.27. The molecule has 0 bridgehead atoms. The first kappa shape index (κ1) is 41.5. The summed E-state index contributed by atoms with van der Waals surface area (Å²) in [6, 6.07) is -2.41.